The van der Waals surface area contributed by atoms with E-state index in [-0.39, 0.29) is 5.92 Å². The summed E-state index contributed by atoms with van der Waals surface area (Å²) in [6, 6.07) is 0. The van der Waals surface area contributed by atoms with Gasteiger partial charge in [0.1, 0.15) is 0 Å². The van der Waals surface area contributed by atoms with Crippen LogP contribution in [0.2, 0.25) is 0 Å². The van der Waals surface area contributed by atoms with Crippen LogP contribution in [0.1, 0.15) is 19.8 Å². The molecular weight excluding hydrogens is 142 g/mol. The first kappa shape index (κ1) is 10.4. The number of carboxylic acid groups (broad SMARTS) is 1. The van der Waals surface area contributed by atoms with E-state index in [2.05, 4.69) is 4.90 Å². The van der Waals surface area contributed by atoms with Gasteiger partial charge in [-0.2, -0.15) is 0 Å². The van der Waals surface area contributed by atoms with E-state index in [4.69, 9.17) is 5.11 Å². The summed E-state index contributed by atoms with van der Waals surface area (Å²) in [7, 11) is 3.98. The van der Waals surface area contributed by atoms with Gasteiger partial charge in [0.15, 0.2) is 0 Å². The molecule has 1 N–H and O–H groups in total. The number of hydrogen-bond acceptors (Lipinski definition) is 2. The molecule has 0 aliphatic carbocycles. The Kier molecular flexibility index (Phi) is 4.86. The molecule has 0 amide bonds. The average Bonchev–Trinajstić information content (AvgIpc) is 1.86. The molecule has 0 aromatic rings. The summed E-state index contributed by atoms with van der Waals surface area (Å²) in [6.07, 6.45) is 1.73. The minimum atomic E-state index is -0.691. The molecule has 1 unspecified atom stereocenters. The zero-order chi connectivity index (χ0) is 8.85. The van der Waals surface area contributed by atoms with Crippen LogP contribution in [0, 0.1) is 5.92 Å². The van der Waals surface area contributed by atoms with Gasteiger partial charge in [-0.05, 0) is 33.5 Å². The molecule has 0 aromatic carbocycles. The van der Waals surface area contributed by atoms with Gasteiger partial charge in [0, 0.05) is 0 Å². The lowest BCUT2D eigenvalue weighted by molar-refractivity contribution is -0.141. The van der Waals surface area contributed by atoms with E-state index in [0.717, 1.165) is 19.4 Å². The Balaban J connectivity index is 3.31. The molecule has 0 heterocycles. The van der Waals surface area contributed by atoms with E-state index in [0.29, 0.717) is 0 Å². The van der Waals surface area contributed by atoms with Crippen LogP contribution in [0.4, 0.5) is 0 Å². The summed E-state index contributed by atoms with van der Waals surface area (Å²) in [5.74, 6) is -0.890. The summed E-state index contributed by atoms with van der Waals surface area (Å²) in [6.45, 7) is 2.72. The van der Waals surface area contributed by atoms with Crippen molar-refractivity contribution in [2.24, 2.45) is 5.92 Å². The van der Waals surface area contributed by atoms with Crippen LogP contribution in [-0.2, 0) is 4.79 Å². The summed E-state index contributed by atoms with van der Waals surface area (Å²) in [5.41, 5.74) is 0. The summed E-state index contributed by atoms with van der Waals surface area (Å²) in [4.78, 5) is 12.4. The van der Waals surface area contributed by atoms with Gasteiger partial charge < -0.3 is 10.0 Å². The lowest BCUT2D eigenvalue weighted by Crippen LogP contribution is -2.16. The van der Waals surface area contributed by atoms with Gasteiger partial charge in [-0.15, -0.1) is 0 Å². The molecule has 66 valence electrons. The molecule has 0 saturated heterocycles. The molecule has 0 saturated carbocycles. The normalized spacial score (nSPS) is 13.5. The number of aliphatic carboxylic acids is 1. The first-order valence-corrected chi connectivity index (χ1v) is 3.91. The lowest BCUT2D eigenvalue weighted by atomic mass is 10.1. The fourth-order valence-corrected chi connectivity index (χ4v) is 0.837. The zero-order valence-corrected chi connectivity index (χ0v) is 7.50. The van der Waals surface area contributed by atoms with Crippen molar-refractivity contribution >= 4 is 5.97 Å². The molecule has 11 heavy (non-hydrogen) atoms. The third-order valence-corrected chi connectivity index (χ3v) is 1.66. The number of rotatable bonds is 5. The predicted octanol–water partition coefficient (Wildman–Crippen LogP) is 1.05. The van der Waals surface area contributed by atoms with Crippen LogP contribution >= 0.6 is 0 Å². The molecule has 1 atom stereocenters. The van der Waals surface area contributed by atoms with Crippen molar-refractivity contribution < 1.29 is 9.90 Å². The maximum Gasteiger partial charge on any atom is 0.306 e. The fraction of sp³-hybridized carbons (Fsp3) is 0.875. The number of carbonyl (C=O) groups is 1. The lowest BCUT2D eigenvalue weighted by Gasteiger charge is -2.10. The maximum atomic E-state index is 10.4. The standard InChI is InChI=1S/C8H17NO2/c1-7(8(10)11)5-4-6-9(2)3/h7H,4-6H2,1-3H3,(H,10,11). The highest BCUT2D eigenvalue weighted by Gasteiger charge is 2.09. The highest BCUT2D eigenvalue weighted by molar-refractivity contribution is 5.69. The van der Waals surface area contributed by atoms with E-state index in [9.17, 15) is 4.79 Å². The third kappa shape index (κ3) is 5.85. The molecule has 0 fully saturated rings. The minimum Gasteiger partial charge on any atom is -0.481 e. The van der Waals surface area contributed by atoms with Crippen LogP contribution in [0.5, 0.6) is 0 Å². The minimum absolute atomic E-state index is 0.199. The van der Waals surface area contributed by atoms with Crippen molar-refractivity contribution in [2.75, 3.05) is 20.6 Å². The van der Waals surface area contributed by atoms with Crippen molar-refractivity contribution in [1.82, 2.24) is 4.90 Å². The molecule has 3 heteroatoms. The Labute approximate surface area is 68.0 Å². The van der Waals surface area contributed by atoms with E-state index in [1.54, 1.807) is 6.92 Å². The molecule has 0 aliphatic rings. The van der Waals surface area contributed by atoms with E-state index in [1.165, 1.54) is 0 Å². The smallest absolute Gasteiger partial charge is 0.306 e. The van der Waals surface area contributed by atoms with Crippen LogP contribution < -0.4 is 0 Å². The Bertz CT molecular complexity index is 123. The SMILES string of the molecule is CC(CCCN(C)C)C(=O)O. The Morgan fingerprint density at radius 2 is 2.09 bits per heavy atom. The van der Waals surface area contributed by atoms with Crippen molar-refractivity contribution in [3.8, 4) is 0 Å². The van der Waals surface area contributed by atoms with Crippen molar-refractivity contribution in [3.05, 3.63) is 0 Å². The molecular formula is C8H17NO2. The maximum absolute atomic E-state index is 10.4. The summed E-state index contributed by atoms with van der Waals surface area (Å²) >= 11 is 0. The fourth-order valence-electron chi connectivity index (χ4n) is 0.837. The van der Waals surface area contributed by atoms with Gasteiger partial charge in [-0.1, -0.05) is 6.92 Å². The van der Waals surface area contributed by atoms with E-state index < -0.39 is 5.97 Å². The molecule has 0 spiro atoms. The van der Waals surface area contributed by atoms with Crippen molar-refractivity contribution in [3.63, 3.8) is 0 Å². The summed E-state index contributed by atoms with van der Waals surface area (Å²) in [5, 5.41) is 8.53. The topological polar surface area (TPSA) is 40.5 Å². The second-order valence-corrected chi connectivity index (χ2v) is 3.18. The molecule has 0 aliphatic heterocycles. The molecule has 0 aromatic heterocycles. The van der Waals surface area contributed by atoms with Gasteiger partial charge in [0.05, 0.1) is 5.92 Å². The van der Waals surface area contributed by atoms with Crippen LogP contribution in [0.25, 0.3) is 0 Å². The van der Waals surface area contributed by atoms with Crippen LogP contribution in [0.3, 0.4) is 0 Å². The molecule has 0 radical (unpaired) electrons. The molecule has 0 rings (SSSR count). The van der Waals surface area contributed by atoms with Gasteiger partial charge in [-0.25, -0.2) is 0 Å². The number of hydrogen-bond donors (Lipinski definition) is 1. The largest absolute Gasteiger partial charge is 0.481 e. The van der Waals surface area contributed by atoms with Gasteiger partial charge in [0.2, 0.25) is 0 Å². The van der Waals surface area contributed by atoms with E-state index in [1.807, 2.05) is 14.1 Å². The predicted molar refractivity (Wildman–Crippen MR) is 44.6 cm³/mol. The van der Waals surface area contributed by atoms with Crippen LogP contribution in [0.15, 0.2) is 0 Å². The van der Waals surface area contributed by atoms with Crippen LogP contribution in [-0.4, -0.2) is 36.6 Å². The Morgan fingerprint density at radius 1 is 1.55 bits per heavy atom. The first-order chi connectivity index (χ1) is 5.04. The van der Waals surface area contributed by atoms with E-state index >= 15 is 0 Å². The second-order valence-electron chi connectivity index (χ2n) is 3.18. The highest BCUT2D eigenvalue weighted by atomic mass is 16.4. The highest BCUT2D eigenvalue weighted by Crippen LogP contribution is 2.04. The quantitative estimate of drug-likeness (QED) is 0.651. The first-order valence-electron chi connectivity index (χ1n) is 3.91. The zero-order valence-electron chi connectivity index (χ0n) is 7.50. The second kappa shape index (κ2) is 5.13. The van der Waals surface area contributed by atoms with Crippen molar-refractivity contribution in [1.29, 1.82) is 0 Å². The number of nitrogens with zero attached hydrogens (tertiary/aromatic N) is 1. The van der Waals surface area contributed by atoms with Gasteiger partial charge in [0.25, 0.3) is 0 Å². The monoisotopic (exact) mass is 159 g/mol. The average molecular weight is 159 g/mol. The Hall–Kier alpha value is -0.570. The molecule has 0 bridgehead atoms. The van der Waals surface area contributed by atoms with Crippen molar-refractivity contribution in [2.45, 2.75) is 19.8 Å². The third-order valence-electron chi connectivity index (χ3n) is 1.66. The molecule has 3 nitrogen and oxygen atoms in total. The summed E-state index contributed by atoms with van der Waals surface area (Å²) < 4.78 is 0. The van der Waals surface area contributed by atoms with Gasteiger partial charge >= 0.3 is 5.97 Å². The van der Waals surface area contributed by atoms with Gasteiger partial charge in [-0.3, -0.25) is 4.79 Å². The Morgan fingerprint density at radius 3 is 2.45 bits per heavy atom. The number of carboxylic acids is 1.